The summed E-state index contributed by atoms with van der Waals surface area (Å²) in [6.45, 7) is 6.63. The number of rotatable bonds is 7. The Labute approximate surface area is 265 Å². The van der Waals surface area contributed by atoms with Crippen LogP contribution in [0.3, 0.4) is 0 Å². The van der Waals surface area contributed by atoms with Gasteiger partial charge in [-0.3, -0.25) is 14.2 Å². The summed E-state index contributed by atoms with van der Waals surface area (Å²) < 4.78 is 7.34. The van der Waals surface area contributed by atoms with Crippen molar-refractivity contribution in [3.8, 4) is 17.5 Å². The summed E-state index contributed by atoms with van der Waals surface area (Å²) in [7, 11) is 1.66. The van der Waals surface area contributed by atoms with E-state index >= 15 is 0 Å². The lowest BCUT2D eigenvalue weighted by molar-refractivity contribution is 0.0768. The first-order chi connectivity index (χ1) is 21.6. The van der Waals surface area contributed by atoms with Gasteiger partial charge >= 0.3 is 11.8 Å². The number of ether oxygens (including phenoxy) is 1. The maximum absolute atomic E-state index is 14.0. The SMILES string of the molecule is C=C(C)c1nc2ccc(CC34CC3(Cc3cc5c(cc3OC)C(=O)N3CCCC3C#[N+]5)C4)cc2c(=O)n1-c1ccc(N)cc1Cl. The van der Waals surface area contributed by atoms with Crippen molar-refractivity contribution < 1.29 is 9.53 Å². The molecule has 3 aromatic carbocycles. The molecule has 0 bridgehead atoms. The fourth-order valence-electron chi connectivity index (χ4n) is 7.74. The van der Waals surface area contributed by atoms with Crippen LogP contribution in [-0.2, 0) is 12.8 Å². The minimum atomic E-state index is -0.191. The van der Waals surface area contributed by atoms with Gasteiger partial charge in [0.1, 0.15) is 17.1 Å². The van der Waals surface area contributed by atoms with E-state index in [0.717, 1.165) is 61.9 Å². The quantitative estimate of drug-likeness (QED) is 0.230. The number of nitrogen functional groups attached to an aromatic ring is 1. The van der Waals surface area contributed by atoms with Crippen molar-refractivity contribution in [1.29, 1.82) is 0 Å². The molecule has 2 aliphatic heterocycles. The molecule has 1 atom stereocenters. The molecule has 45 heavy (non-hydrogen) atoms. The molecule has 3 heterocycles. The zero-order valence-corrected chi connectivity index (χ0v) is 26.1. The second kappa shape index (κ2) is 9.69. The Morgan fingerprint density at radius 3 is 2.71 bits per heavy atom. The zero-order valence-electron chi connectivity index (χ0n) is 25.3. The summed E-state index contributed by atoms with van der Waals surface area (Å²) >= 11 is 6.54. The Morgan fingerprint density at radius 2 is 1.96 bits per heavy atom. The molecule has 2 saturated carbocycles. The van der Waals surface area contributed by atoms with Gasteiger partial charge in [-0.1, -0.05) is 24.2 Å². The second-order valence-electron chi connectivity index (χ2n) is 13.3. The number of hydrogen-bond acceptors (Lipinski definition) is 5. The lowest BCUT2D eigenvalue weighted by atomic mass is 9.99. The number of benzene rings is 3. The minimum Gasteiger partial charge on any atom is -0.496 e. The number of amides is 1. The third-order valence-corrected chi connectivity index (χ3v) is 10.6. The first-order valence-electron chi connectivity index (χ1n) is 15.4. The van der Waals surface area contributed by atoms with Crippen molar-refractivity contribution >= 4 is 45.4 Å². The zero-order chi connectivity index (χ0) is 31.2. The number of carbonyl (C=O) groups is 1. The Bertz CT molecular complexity index is 2120. The van der Waals surface area contributed by atoms with Gasteiger partial charge in [0.15, 0.2) is 6.04 Å². The molecule has 0 radical (unpaired) electrons. The van der Waals surface area contributed by atoms with Crippen LogP contribution in [0.2, 0.25) is 5.02 Å². The third kappa shape index (κ3) is 4.28. The summed E-state index contributed by atoms with van der Waals surface area (Å²) in [6.07, 6.45) is 5.84. The molecule has 1 aromatic heterocycles. The summed E-state index contributed by atoms with van der Waals surface area (Å²) in [4.78, 5) is 38.6. The Hall–Kier alpha value is -4.61. The largest absolute Gasteiger partial charge is 0.496 e. The number of aromatic nitrogens is 2. The van der Waals surface area contributed by atoms with Gasteiger partial charge in [-0.05, 0) is 103 Å². The number of hydrogen-bond donors (Lipinski definition) is 1. The highest BCUT2D eigenvalue weighted by molar-refractivity contribution is 6.32. The molecule has 1 amide bonds. The fraction of sp³-hybridized carbons (Fsp3) is 0.333. The fourth-order valence-corrected chi connectivity index (χ4v) is 8.01. The Morgan fingerprint density at radius 1 is 1.16 bits per heavy atom. The molecule has 1 unspecified atom stereocenters. The minimum absolute atomic E-state index is 0.00958. The molecule has 8 nitrogen and oxygen atoms in total. The monoisotopic (exact) mass is 618 g/mol. The van der Waals surface area contributed by atoms with E-state index in [1.54, 1.807) is 25.3 Å². The molecular weight excluding hydrogens is 586 g/mol. The van der Waals surface area contributed by atoms with E-state index in [9.17, 15) is 9.59 Å². The third-order valence-electron chi connectivity index (χ3n) is 10.3. The van der Waals surface area contributed by atoms with Crippen molar-refractivity contribution in [2.75, 3.05) is 19.4 Å². The van der Waals surface area contributed by atoms with Crippen molar-refractivity contribution in [3.63, 3.8) is 0 Å². The van der Waals surface area contributed by atoms with Gasteiger partial charge in [-0.25, -0.2) is 4.98 Å². The first kappa shape index (κ1) is 27.9. The van der Waals surface area contributed by atoms with E-state index in [0.29, 0.717) is 49.9 Å². The predicted octanol–water partition coefficient (Wildman–Crippen LogP) is 6.81. The van der Waals surface area contributed by atoms with Gasteiger partial charge in [0.25, 0.3) is 11.5 Å². The topological polar surface area (TPSA) is 94.8 Å². The highest BCUT2D eigenvalue weighted by Gasteiger charge is 2.81. The van der Waals surface area contributed by atoms with Gasteiger partial charge in [-0.15, -0.1) is 0 Å². The second-order valence-corrected chi connectivity index (χ2v) is 13.7. The van der Waals surface area contributed by atoms with Crippen LogP contribution in [0, 0.1) is 16.9 Å². The number of halogens is 1. The number of carbonyl (C=O) groups excluding carboxylic acids is 1. The number of nitrogens with zero attached hydrogens (tertiary/aromatic N) is 4. The number of fused-ring (bicyclic) bond motifs is 4. The lowest BCUT2D eigenvalue weighted by Gasteiger charge is -2.17. The van der Waals surface area contributed by atoms with Crippen LogP contribution in [0.25, 0.3) is 27.0 Å². The maximum Gasteiger partial charge on any atom is 0.353 e. The van der Waals surface area contributed by atoms with Crippen LogP contribution < -0.4 is 16.0 Å². The number of nitrogens with two attached hydrogens (primary N) is 1. The van der Waals surface area contributed by atoms with Crippen LogP contribution >= 0.6 is 11.6 Å². The highest BCUT2D eigenvalue weighted by atomic mass is 35.5. The molecular formula is C36H33ClN5O3+. The molecule has 1 saturated heterocycles. The van der Waals surface area contributed by atoms with Gasteiger partial charge in [-0.2, -0.15) is 0 Å². The number of anilines is 1. The molecule has 9 heteroatoms. The van der Waals surface area contributed by atoms with Gasteiger partial charge in [0.05, 0.1) is 28.7 Å². The Balaban J connectivity index is 1.09. The van der Waals surface area contributed by atoms with Crippen molar-refractivity contribution in [2.24, 2.45) is 10.8 Å². The summed E-state index contributed by atoms with van der Waals surface area (Å²) in [6, 6.07) is 18.2. The van der Waals surface area contributed by atoms with E-state index in [-0.39, 0.29) is 28.3 Å². The summed E-state index contributed by atoms with van der Waals surface area (Å²) in [5, 5.41) is 0.915. The molecule has 0 spiro atoms. The summed E-state index contributed by atoms with van der Waals surface area (Å²) in [5.74, 6) is 1.21. The average Bonchev–Trinajstić information content (AvgIpc) is 3.71. The molecule has 4 aliphatic rings. The average molecular weight is 619 g/mol. The van der Waals surface area contributed by atoms with Gasteiger partial charge < -0.3 is 15.4 Å². The van der Waals surface area contributed by atoms with Crippen LogP contribution in [-0.4, -0.2) is 40.1 Å². The lowest BCUT2D eigenvalue weighted by Crippen LogP contribution is -2.33. The van der Waals surface area contributed by atoms with E-state index in [1.165, 1.54) is 4.57 Å². The number of allylic oxidation sites excluding steroid dienone is 1. The molecule has 8 rings (SSSR count). The van der Waals surface area contributed by atoms with E-state index in [2.05, 4.69) is 23.6 Å². The van der Waals surface area contributed by atoms with Crippen molar-refractivity contribution in [3.05, 3.63) is 97.8 Å². The standard InChI is InChI=1S/C36H33ClN5O3/c1-20(2)32-40-28-8-6-21(11-25(28)34(44)42(32)30-9-7-23(38)13-27(30)37)15-35-18-36(35,19-35)16-22-12-29-26(14-31(22)45-3)33(43)41-10-4-5-24(41)17-39-29/h6-9,11-14,24H,1,4-5,10,15-16,18-19,38H2,2-3H3/q+1. The van der Waals surface area contributed by atoms with Crippen LogP contribution in [0.5, 0.6) is 5.75 Å². The van der Waals surface area contributed by atoms with Crippen LogP contribution in [0.4, 0.5) is 11.4 Å². The van der Waals surface area contributed by atoms with Crippen LogP contribution in [0.1, 0.15) is 59.9 Å². The normalized spacial score (nSPS) is 23.8. The Kier molecular flexibility index (Phi) is 6.01. The molecule has 3 fully saturated rings. The maximum atomic E-state index is 14.0. The number of methoxy groups -OCH3 is 1. The van der Waals surface area contributed by atoms with E-state index in [4.69, 9.17) is 27.1 Å². The van der Waals surface area contributed by atoms with Crippen molar-refractivity contribution in [2.45, 2.75) is 51.5 Å². The van der Waals surface area contributed by atoms with Crippen molar-refractivity contribution in [1.82, 2.24) is 14.5 Å². The van der Waals surface area contributed by atoms with Gasteiger partial charge in [0.2, 0.25) is 0 Å². The summed E-state index contributed by atoms with van der Waals surface area (Å²) in [5.41, 5.74) is 11.9. The van der Waals surface area contributed by atoms with E-state index in [1.807, 2.05) is 36.1 Å². The smallest absolute Gasteiger partial charge is 0.353 e. The molecule has 2 N–H and O–H groups in total. The first-order valence-corrected chi connectivity index (χ1v) is 15.7. The van der Waals surface area contributed by atoms with E-state index < -0.39 is 0 Å². The molecule has 4 aromatic rings. The van der Waals surface area contributed by atoms with Crippen LogP contribution in [0.15, 0.2) is 59.9 Å². The van der Waals surface area contributed by atoms with Gasteiger partial charge in [0, 0.05) is 29.9 Å². The highest BCUT2D eigenvalue weighted by Crippen LogP contribution is 2.88. The predicted molar refractivity (Wildman–Crippen MR) is 177 cm³/mol. The molecule has 2 aliphatic carbocycles. The molecule has 226 valence electrons.